The van der Waals surface area contributed by atoms with Crippen LogP contribution in [0.3, 0.4) is 0 Å². The summed E-state index contributed by atoms with van der Waals surface area (Å²) in [5, 5.41) is 2.40. The highest BCUT2D eigenvalue weighted by molar-refractivity contribution is 8.26. The van der Waals surface area contributed by atoms with Crippen LogP contribution in [0.2, 0.25) is 0 Å². The Bertz CT molecular complexity index is 1470. The van der Waals surface area contributed by atoms with Gasteiger partial charge >= 0.3 is 6.18 Å². The van der Waals surface area contributed by atoms with Crippen LogP contribution < -0.4 is 10.2 Å². The molecule has 1 saturated heterocycles. The Labute approximate surface area is 217 Å². The van der Waals surface area contributed by atoms with Crippen LogP contribution in [-0.2, 0) is 27.1 Å². The maximum atomic E-state index is 13.5. The standard InChI is InChI=1S/C25H16F3N3O4S2/c26-25(27,28)14-5-3-6-15(11-14)29-19(32)13-30-18-9-2-1-8-17(18)20(22(30)33)21-23(34)31(24(36)37-21)12-16-7-4-10-35-16/h1-11H,12-13H2,(H,29,32). The number of thiocarbonyl (C=S) groups is 1. The number of para-hydroxylation sites is 1. The molecule has 2 aliphatic heterocycles. The lowest BCUT2D eigenvalue weighted by atomic mass is 10.1. The zero-order chi connectivity index (χ0) is 26.3. The van der Waals surface area contributed by atoms with Gasteiger partial charge in [-0.25, -0.2) is 0 Å². The predicted molar refractivity (Wildman–Crippen MR) is 135 cm³/mol. The zero-order valence-electron chi connectivity index (χ0n) is 18.7. The monoisotopic (exact) mass is 543 g/mol. The summed E-state index contributed by atoms with van der Waals surface area (Å²) in [5.74, 6) is -1.22. The van der Waals surface area contributed by atoms with E-state index in [1.165, 1.54) is 28.2 Å². The van der Waals surface area contributed by atoms with Crippen LogP contribution in [0.25, 0.3) is 5.57 Å². The van der Waals surface area contributed by atoms with E-state index < -0.39 is 36.0 Å². The van der Waals surface area contributed by atoms with E-state index in [4.69, 9.17) is 16.6 Å². The Morgan fingerprint density at radius 1 is 1.00 bits per heavy atom. The Morgan fingerprint density at radius 3 is 2.51 bits per heavy atom. The number of benzene rings is 2. The molecule has 0 saturated carbocycles. The third-order valence-electron chi connectivity index (χ3n) is 5.67. The molecule has 1 aromatic heterocycles. The average Bonchev–Trinajstić information content (AvgIpc) is 3.53. The number of fused-ring (bicyclic) bond motifs is 1. The summed E-state index contributed by atoms with van der Waals surface area (Å²) in [7, 11) is 0. The Kier molecular flexibility index (Phi) is 6.38. The molecule has 5 rings (SSSR count). The van der Waals surface area contributed by atoms with Gasteiger partial charge in [-0.05, 0) is 36.4 Å². The third kappa shape index (κ3) is 4.77. The fraction of sp³-hybridized carbons (Fsp3) is 0.120. The highest BCUT2D eigenvalue weighted by atomic mass is 32.2. The van der Waals surface area contributed by atoms with Crippen LogP contribution in [0.4, 0.5) is 24.5 Å². The minimum absolute atomic E-state index is 0.0567. The number of nitrogens with zero attached hydrogens (tertiary/aromatic N) is 2. The first-order valence-electron chi connectivity index (χ1n) is 10.8. The lowest BCUT2D eigenvalue weighted by Gasteiger charge is -2.17. The van der Waals surface area contributed by atoms with Gasteiger partial charge in [-0.1, -0.05) is 48.2 Å². The quantitative estimate of drug-likeness (QED) is 0.358. The SMILES string of the molecule is O=C(CN1C(=O)C(=C2SC(=S)N(Cc3ccco3)C2=O)c2ccccc21)Nc1cccc(C(F)(F)F)c1. The molecular weight excluding hydrogens is 527 g/mol. The van der Waals surface area contributed by atoms with E-state index in [9.17, 15) is 27.6 Å². The molecule has 3 amide bonds. The highest BCUT2D eigenvalue weighted by Gasteiger charge is 2.42. The summed E-state index contributed by atoms with van der Waals surface area (Å²) in [4.78, 5) is 42.1. The normalized spacial score (nSPS) is 17.5. The second-order valence-corrected chi connectivity index (χ2v) is 9.72. The molecule has 0 spiro atoms. The van der Waals surface area contributed by atoms with Gasteiger partial charge in [-0.15, -0.1) is 0 Å². The summed E-state index contributed by atoms with van der Waals surface area (Å²) in [6.45, 7) is -0.365. The number of halogens is 3. The van der Waals surface area contributed by atoms with Crippen molar-refractivity contribution in [1.29, 1.82) is 0 Å². The maximum absolute atomic E-state index is 13.5. The van der Waals surface area contributed by atoms with E-state index in [1.807, 2.05) is 0 Å². The van der Waals surface area contributed by atoms with Crippen LogP contribution in [0.5, 0.6) is 0 Å². The van der Waals surface area contributed by atoms with Crippen LogP contribution in [0.15, 0.2) is 76.2 Å². The van der Waals surface area contributed by atoms with Crippen molar-refractivity contribution in [1.82, 2.24) is 4.90 Å². The summed E-state index contributed by atoms with van der Waals surface area (Å²) in [6, 6.07) is 14.2. The van der Waals surface area contributed by atoms with Gasteiger partial charge < -0.3 is 9.73 Å². The molecule has 1 N–H and O–H groups in total. The minimum Gasteiger partial charge on any atom is -0.467 e. The van der Waals surface area contributed by atoms with E-state index in [0.717, 1.165) is 23.9 Å². The van der Waals surface area contributed by atoms with Gasteiger partial charge in [0.25, 0.3) is 11.8 Å². The number of furan rings is 1. The van der Waals surface area contributed by atoms with Gasteiger partial charge in [0.2, 0.25) is 5.91 Å². The van der Waals surface area contributed by atoms with Crippen LogP contribution in [0.1, 0.15) is 16.9 Å². The van der Waals surface area contributed by atoms with E-state index in [1.54, 1.807) is 36.4 Å². The molecule has 0 radical (unpaired) electrons. The smallest absolute Gasteiger partial charge is 0.416 e. The molecule has 37 heavy (non-hydrogen) atoms. The van der Waals surface area contributed by atoms with E-state index in [0.29, 0.717) is 17.0 Å². The second-order valence-electron chi connectivity index (χ2n) is 8.08. The van der Waals surface area contributed by atoms with Crippen molar-refractivity contribution >= 4 is 63.0 Å². The molecular formula is C25H16F3N3O4S2. The third-order valence-corrected chi connectivity index (χ3v) is 7.12. The van der Waals surface area contributed by atoms with Gasteiger partial charge in [-0.3, -0.25) is 24.2 Å². The van der Waals surface area contributed by atoms with E-state index in [2.05, 4.69) is 5.32 Å². The Morgan fingerprint density at radius 2 is 1.78 bits per heavy atom. The zero-order valence-corrected chi connectivity index (χ0v) is 20.4. The molecule has 7 nitrogen and oxygen atoms in total. The minimum atomic E-state index is -4.57. The van der Waals surface area contributed by atoms with Crippen LogP contribution in [-0.4, -0.2) is 33.5 Å². The number of hydrogen-bond donors (Lipinski definition) is 1. The average molecular weight is 544 g/mol. The van der Waals surface area contributed by atoms with Crippen molar-refractivity contribution < 1.29 is 32.0 Å². The largest absolute Gasteiger partial charge is 0.467 e. The van der Waals surface area contributed by atoms with Crippen LogP contribution in [0, 0.1) is 0 Å². The molecule has 3 heterocycles. The number of amides is 3. The molecule has 3 aromatic rings. The maximum Gasteiger partial charge on any atom is 0.416 e. The van der Waals surface area contributed by atoms with Gasteiger partial charge in [0, 0.05) is 11.3 Å². The van der Waals surface area contributed by atoms with Crippen molar-refractivity contribution in [3.05, 3.63) is 88.7 Å². The van der Waals surface area contributed by atoms with E-state index in [-0.39, 0.29) is 27.0 Å². The highest BCUT2D eigenvalue weighted by Crippen LogP contribution is 2.44. The van der Waals surface area contributed by atoms with Crippen molar-refractivity contribution in [3.8, 4) is 0 Å². The van der Waals surface area contributed by atoms with Crippen molar-refractivity contribution in [3.63, 3.8) is 0 Å². The van der Waals surface area contributed by atoms with Crippen LogP contribution >= 0.6 is 24.0 Å². The van der Waals surface area contributed by atoms with Gasteiger partial charge in [-0.2, -0.15) is 13.2 Å². The van der Waals surface area contributed by atoms with Crippen molar-refractivity contribution in [2.24, 2.45) is 0 Å². The number of nitrogens with one attached hydrogen (secondary N) is 1. The summed E-state index contributed by atoms with van der Waals surface area (Å²) < 4.78 is 44.6. The molecule has 1 fully saturated rings. The Hall–Kier alpha value is -3.90. The number of anilines is 2. The van der Waals surface area contributed by atoms with Gasteiger partial charge in [0.15, 0.2) is 0 Å². The predicted octanol–water partition coefficient (Wildman–Crippen LogP) is 5.06. The summed E-state index contributed by atoms with van der Waals surface area (Å²) >= 11 is 6.36. The van der Waals surface area contributed by atoms with Gasteiger partial charge in [0.05, 0.1) is 34.5 Å². The number of carbonyl (C=O) groups excluding carboxylic acids is 3. The summed E-state index contributed by atoms with van der Waals surface area (Å²) in [5.41, 5.74) is 0.00293. The topological polar surface area (TPSA) is 82.9 Å². The molecule has 0 atom stereocenters. The molecule has 0 aliphatic carbocycles. The fourth-order valence-corrected chi connectivity index (χ4v) is 5.34. The second kappa shape index (κ2) is 9.52. The number of thioether (sulfide) groups is 1. The summed E-state index contributed by atoms with van der Waals surface area (Å²) in [6.07, 6.45) is -3.09. The number of alkyl halides is 3. The van der Waals surface area contributed by atoms with Gasteiger partial charge in [0.1, 0.15) is 16.6 Å². The Balaban J connectivity index is 1.41. The lowest BCUT2D eigenvalue weighted by molar-refractivity contribution is -0.137. The lowest BCUT2D eigenvalue weighted by Crippen LogP contribution is -2.35. The number of carbonyl (C=O) groups is 3. The molecule has 0 bridgehead atoms. The number of hydrogen-bond acceptors (Lipinski definition) is 6. The van der Waals surface area contributed by atoms with Crippen molar-refractivity contribution in [2.75, 3.05) is 16.8 Å². The first kappa shape index (κ1) is 24.8. The van der Waals surface area contributed by atoms with Crippen molar-refractivity contribution in [2.45, 2.75) is 12.7 Å². The fourth-order valence-electron chi connectivity index (χ4n) is 4.02. The molecule has 12 heteroatoms. The first-order chi connectivity index (χ1) is 17.6. The molecule has 2 aromatic carbocycles. The molecule has 0 unspecified atom stereocenters. The van der Waals surface area contributed by atoms with E-state index >= 15 is 0 Å². The number of rotatable bonds is 5. The first-order valence-corrected chi connectivity index (χ1v) is 12.0. The molecule has 2 aliphatic rings. The molecule has 188 valence electrons.